The van der Waals surface area contributed by atoms with Crippen molar-refractivity contribution in [1.29, 1.82) is 0 Å². The van der Waals surface area contributed by atoms with Gasteiger partial charge in [-0.3, -0.25) is 0 Å². The summed E-state index contributed by atoms with van der Waals surface area (Å²) < 4.78 is 2.66. The molecule has 12 aromatic carbocycles. The Labute approximate surface area is 446 Å². The highest BCUT2D eigenvalue weighted by Gasteiger charge is 2.50. The van der Waals surface area contributed by atoms with Crippen LogP contribution in [-0.2, 0) is 5.41 Å². The van der Waals surface area contributed by atoms with Crippen LogP contribution in [0.1, 0.15) is 22.3 Å². The van der Waals surface area contributed by atoms with E-state index in [0.717, 1.165) is 34.1 Å². The third-order valence-corrected chi connectivity index (χ3v) is 17.6. The van der Waals surface area contributed by atoms with Gasteiger partial charge in [-0.15, -0.1) is 11.3 Å². The van der Waals surface area contributed by atoms with Gasteiger partial charge in [0, 0.05) is 59.6 Å². The third-order valence-electron chi connectivity index (χ3n) is 16.4. The number of hydrogen-bond acceptors (Lipinski definition) is 3. The van der Waals surface area contributed by atoms with Crippen molar-refractivity contribution in [3.05, 3.63) is 301 Å². The van der Waals surface area contributed by atoms with Crippen LogP contribution in [0.4, 0.5) is 34.1 Å². The van der Waals surface area contributed by atoms with E-state index in [4.69, 9.17) is 0 Å². The Hall–Kier alpha value is -9.54. The predicted octanol–water partition coefficient (Wildman–Crippen LogP) is 20.3. The first-order valence-electron chi connectivity index (χ1n) is 26.2. The average Bonchev–Trinajstić information content (AvgIpc) is 4.11. The molecule has 13 aromatic rings. The molecule has 0 N–H and O–H groups in total. The van der Waals surface area contributed by atoms with Crippen LogP contribution in [0.15, 0.2) is 279 Å². The van der Waals surface area contributed by atoms with Gasteiger partial charge < -0.3 is 9.80 Å². The number of rotatable bonds is 5. The van der Waals surface area contributed by atoms with Crippen molar-refractivity contribution in [2.75, 3.05) is 9.80 Å². The molecule has 0 radical (unpaired) electrons. The molecule has 3 aliphatic rings. The van der Waals surface area contributed by atoms with Gasteiger partial charge in [-0.1, -0.05) is 212 Å². The lowest BCUT2D eigenvalue weighted by molar-refractivity contribution is 0.776. The van der Waals surface area contributed by atoms with Crippen molar-refractivity contribution in [2.45, 2.75) is 5.41 Å². The molecule has 3 heteroatoms. The van der Waals surface area contributed by atoms with E-state index in [0.29, 0.717) is 0 Å². The SMILES string of the molecule is c1ccc(-c2ccc(N(c3ccc4c(c3)-c3ccccc3-c3ccccc3N4c3ccccc3)c3ccc4c(c3)C3(c5ccccc5-c5ccccc5-4)c4ccccc4-c4c3ccc3c4sc4ccccc43)cc2)cc1. The lowest BCUT2D eigenvalue weighted by Crippen LogP contribution is -2.29. The minimum Gasteiger partial charge on any atom is -0.310 e. The summed E-state index contributed by atoms with van der Waals surface area (Å²) in [7, 11) is 0. The number of thiophene rings is 1. The van der Waals surface area contributed by atoms with Gasteiger partial charge in [0.25, 0.3) is 0 Å². The van der Waals surface area contributed by atoms with Crippen molar-refractivity contribution in [3.8, 4) is 66.8 Å². The van der Waals surface area contributed by atoms with Gasteiger partial charge in [-0.25, -0.2) is 0 Å². The van der Waals surface area contributed by atoms with Crippen molar-refractivity contribution >= 4 is 65.6 Å². The molecule has 76 heavy (non-hydrogen) atoms. The monoisotopic (exact) mass is 982 g/mol. The second kappa shape index (κ2) is 16.7. The van der Waals surface area contributed by atoms with E-state index in [9.17, 15) is 0 Å². The summed E-state index contributed by atoms with van der Waals surface area (Å²) in [6.45, 7) is 0. The summed E-state index contributed by atoms with van der Waals surface area (Å²) in [5.74, 6) is 0. The van der Waals surface area contributed by atoms with Gasteiger partial charge in [0.2, 0.25) is 0 Å². The third kappa shape index (κ3) is 6.15. The number of benzene rings is 12. The number of nitrogens with zero attached hydrogens (tertiary/aromatic N) is 2. The summed E-state index contributed by atoms with van der Waals surface area (Å²) in [6, 6.07) is 104. The van der Waals surface area contributed by atoms with E-state index in [1.807, 2.05) is 11.3 Å². The minimum absolute atomic E-state index is 0.672. The fourth-order valence-electron chi connectivity index (χ4n) is 13.3. The topological polar surface area (TPSA) is 6.48 Å². The average molecular weight is 983 g/mol. The second-order valence-corrected chi connectivity index (χ2v) is 21.3. The standard InChI is InChI=1S/C73H46N2S/c1-3-19-47(20-4-1)48-35-37-50(38-36-48)74(51-40-44-69-63(45-51)56-26-10-9-25-55(56)59-28-13-17-33-68(59)75(69)49-21-5-2-6-22-49)52-39-41-58-54-24-8-7-23-53(54)57-27-11-15-31-64(57)73(67(58)46-52)65-32-16-12-30-62(65)71-66(73)43-42-61-60-29-14-18-34-70(60)76-72(61)71/h1-46H. The van der Waals surface area contributed by atoms with Crippen LogP contribution in [0.3, 0.4) is 0 Å². The molecule has 1 aliphatic heterocycles. The molecule has 1 unspecified atom stereocenters. The summed E-state index contributed by atoms with van der Waals surface area (Å²) in [5.41, 5.74) is 26.0. The normalized spacial score (nSPS) is 14.3. The lowest BCUT2D eigenvalue weighted by atomic mass is 9.65. The molecule has 0 saturated heterocycles. The minimum atomic E-state index is -0.672. The molecule has 1 atom stereocenters. The molecule has 0 amide bonds. The maximum atomic E-state index is 2.55. The van der Waals surface area contributed by atoms with Crippen LogP contribution in [0.2, 0.25) is 0 Å². The second-order valence-electron chi connectivity index (χ2n) is 20.3. The van der Waals surface area contributed by atoms with Crippen molar-refractivity contribution in [1.82, 2.24) is 0 Å². The van der Waals surface area contributed by atoms with Gasteiger partial charge in [0.1, 0.15) is 0 Å². The van der Waals surface area contributed by atoms with Gasteiger partial charge >= 0.3 is 0 Å². The highest BCUT2D eigenvalue weighted by Crippen LogP contribution is 2.64. The Morgan fingerprint density at radius 3 is 1.57 bits per heavy atom. The quantitative estimate of drug-likeness (QED) is 0.170. The van der Waals surface area contributed by atoms with Gasteiger partial charge in [0.05, 0.1) is 16.8 Å². The number of anilines is 6. The summed E-state index contributed by atoms with van der Waals surface area (Å²) in [4.78, 5) is 4.94. The van der Waals surface area contributed by atoms with Crippen LogP contribution >= 0.6 is 11.3 Å². The van der Waals surface area contributed by atoms with Crippen LogP contribution in [-0.4, -0.2) is 0 Å². The molecule has 1 spiro atoms. The number of hydrogen-bond donors (Lipinski definition) is 0. The fraction of sp³-hybridized carbons (Fsp3) is 0.0137. The summed E-state index contributed by atoms with van der Waals surface area (Å²) in [6.07, 6.45) is 0. The highest BCUT2D eigenvalue weighted by atomic mass is 32.1. The first-order valence-corrected chi connectivity index (χ1v) is 27.1. The molecule has 0 bridgehead atoms. The van der Waals surface area contributed by atoms with Crippen molar-refractivity contribution in [3.63, 3.8) is 0 Å². The predicted molar refractivity (Wildman–Crippen MR) is 320 cm³/mol. The van der Waals surface area contributed by atoms with Crippen LogP contribution in [0.25, 0.3) is 86.9 Å². The number of fused-ring (bicyclic) bond motifs is 21. The maximum Gasteiger partial charge on any atom is 0.0726 e. The van der Waals surface area contributed by atoms with E-state index in [2.05, 4.69) is 289 Å². The van der Waals surface area contributed by atoms with E-state index >= 15 is 0 Å². The molecule has 2 aliphatic carbocycles. The van der Waals surface area contributed by atoms with E-state index < -0.39 is 5.41 Å². The molecule has 1 aromatic heterocycles. The first kappa shape index (κ1) is 42.9. The molecule has 2 nitrogen and oxygen atoms in total. The first-order chi connectivity index (χ1) is 37.7. The van der Waals surface area contributed by atoms with Crippen LogP contribution in [0.5, 0.6) is 0 Å². The van der Waals surface area contributed by atoms with E-state index in [1.54, 1.807) is 0 Å². The Morgan fingerprint density at radius 1 is 0.303 bits per heavy atom. The molecule has 0 fully saturated rings. The zero-order chi connectivity index (χ0) is 49.9. The smallest absolute Gasteiger partial charge is 0.0726 e. The Morgan fingerprint density at radius 2 is 0.816 bits per heavy atom. The molecule has 0 saturated carbocycles. The highest BCUT2D eigenvalue weighted by molar-refractivity contribution is 7.26. The Kier molecular flexibility index (Phi) is 9.45. The molecular weight excluding hydrogens is 937 g/mol. The van der Waals surface area contributed by atoms with Gasteiger partial charge in [-0.05, 0) is 139 Å². The van der Waals surface area contributed by atoms with Crippen LogP contribution < -0.4 is 9.80 Å². The largest absolute Gasteiger partial charge is 0.310 e. The Bertz CT molecular complexity index is 4480. The zero-order valence-electron chi connectivity index (χ0n) is 41.4. The summed E-state index contributed by atoms with van der Waals surface area (Å²) in [5, 5.41) is 2.63. The fourth-order valence-corrected chi connectivity index (χ4v) is 14.5. The molecule has 16 rings (SSSR count). The van der Waals surface area contributed by atoms with Crippen LogP contribution in [0, 0.1) is 0 Å². The van der Waals surface area contributed by atoms with E-state index in [1.165, 1.54) is 109 Å². The van der Waals surface area contributed by atoms with Crippen molar-refractivity contribution in [2.24, 2.45) is 0 Å². The molecular formula is C73H46N2S. The van der Waals surface area contributed by atoms with E-state index in [-0.39, 0.29) is 0 Å². The molecule has 354 valence electrons. The van der Waals surface area contributed by atoms with Gasteiger partial charge in [-0.2, -0.15) is 0 Å². The maximum absolute atomic E-state index is 2.55. The zero-order valence-corrected chi connectivity index (χ0v) is 42.2. The summed E-state index contributed by atoms with van der Waals surface area (Å²) >= 11 is 1.93. The lowest BCUT2D eigenvalue weighted by Gasteiger charge is -2.36. The Balaban J connectivity index is 0.993. The van der Waals surface area contributed by atoms with Gasteiger partial charge in [0.15, 0.2) is 0 Å². The molecule has 2 heterocycles. The number of para-hydroxylation sites is 2. The van der Waals surface area contributed by atoms with Crippen molar-refractivity contribution < 1.29 is 0 Å².